The van der Waals surface area contributed by atoms with Crippen LogP contribution in [0.15, 0.2) is 36.7 Å². The van der Waals surface area contributed by atoms with Crippen LogP contribution in [0.2, 0.25) is 0 Å². The van der Waals surface area contributed by atoms with Gasteiger partial charge in [0, 0.05) is 12.4 Å². The minimum Gasteiger partial charge on any atom is -0.254 e. The molecule has 2 heteroatoms. The normalized spacial score (nSPS) is 12.5. The fraction of sp³-hybridized carbons (Fsp3) is 0.444. The van der Waals surface area contributed by atoms with E-state index >= 15 is 0 Å². The Morgan fingerprint density at radius 1 is 0.650 bits per heavy atom. The molecule has 2 aromatic rings. The summed E-state index contributed by atoms with van der Waals surface area (Å²) in [7, 11) is 0. The summed E-state index contributed by atoms with van der Waals surface area (Å²) in [6.07, 6.45) is 3.71. The number of pyridine rings is 2. The molecular formula is C18H24N2. The quantitative estimate of drug-likeness (QED) is 0.746. The molecule has 106 valence electrons. The molecular weight excluding hydrogens is 244 g/mol. The van der Waals surface area contributed by atoms with Crippen molar-refractivity contribution in [3.05, 3.63) is 47.8 Å². The lowest BCUT2D eigenvalue weighted by atomic mass is 9.81. The Labute approximate surface area is 122 Å². The lowest BCUT2D eigenvalue weighted by Crippen LogP contribution is -2.17. The number of nitrogens with zero attached hydrogens (tertiary/aromatic N) is 2. The predicted molar refractivity (Wildman–Crippen MR) is 84.9 cm³/mol. The Hall–Kier alpha value is -1.70. The third kappa shape index (κ3) is 2.90. The molecule has 0 radical (unpaired) electrons. The molecule has 2 nitrogen and oxygen atoms in total. The van der Waals surface area contributed by atoms with Crippen molar-refractivity contribution in [2.45, 2.75) is 52.4 Å². The average molecular weight is 268 g/mol. The van der Waals surface area contributed by atoms with E-state index in [1.165, 1.54) is 11.1 Å². The average Bonchev–Trinajstić information content (AvgIpc) is 2.37. The van der Waals surface area contributed by atoms with Gasteiger partial charge in [0.25, 0.3) is 0 Å². The zero-order chi connectivity index (χ0) is 15.0. The van der Waals surface area contributed by atoms with Crippen LogP contribution in [0.3, 0.4) is 0 Å². The molecule has 0 amide bonds. The van der Waals surface area contributed by atoms with Gasteiger partial charge in [-0.3, -0.25) is 9.97 Å². The van der Waals surface area contributed by atoms with Gasteiger partial charge in [-0.25, -0.2) is 0 Å². The van der Waals surface area contributed by atoms with Crippen molar-refractivity contribution >= 4 is 0 Å². The Kier molecular flexibility index (Phi) is 3.68. The van der Waals surface area contributed by atoms with E-state index < -0.39 is 0 Å². The summed E-state index contributed by atoms with van der Waals surface area (Å²) >= 11 is 0. The second kappa shape index (κ2) is 5.01. The Balaban J connectivity index is 2.71. The first kappa shape index (κ1) is 14.7. The first-order chi connectivity index (χ1) is 9.21. The van der Waals surface area contributed by atoms with Crippen molar-refractivity contribution in [1.82, 2.24) is 9.97 Å². The Morgan fingerprint density at radius 3 is 1.30 bits per heavy atom. The van der Waals surface area contributed by atoms with Crippen LogP contribution < -0.4 is 0 Å². The summed E-state index contributed by atoms with van der Waals surface area (Å²) in [5.41, 5.74) is 4.59. The standard InChI is InChI=1S/C18H24N2/c1-17(2,3)13-9-7-11-19-15(13)16-14(18(4,5)6)10-8-12-20-16/h7-12H,1-6H3. The van der Waals surface area contributed by atoms with E-state index in [-0.39, 0.29) is 10.8 Å². The van der Waals surface area contributed by atoms with E-state index in [4.69, 9.17) is 0 Å². The summed E-state index contributed by atoms with van der Waals surface area (Å²) in [5, 5.41) is 0. The van der Waals surface area contributed by atoms with Gasteiger partial charge in [0.2, 0.25) is 0 Å². The van der Waals surface area contributed by atoms with Gasteiger partial charge in [-0.2, -0.15) is 0 Å². The van der Waals surface area contributed by atoms with Crippen molar-refractivity contribution in [3.8, 4) is 11.4 Å². The fourth-order valence-electron chi connectivity index (χ4n) is 2.40. The monoisotopic (exact) mass is 268 g/mol. The van der Waals surface area contributed by atoms with Crippen LogP contribution >= 0.6 is 0 Å². The largest absolute Gasteiger partial charge is 0.254 e. The van der Waals surface area contributed by atoms with Crippen LogP contribution in [0.5, 0.6) is 0 Å². The highest BCUT2D eigenvalue weighted by Gasteiger charge is 2.25. The van der Waals surface area contributed by atoms with E-state index in [1.807, 2.05) is 24.5 Å². The van der Waals surface area contributed by atoms with Crippen molar-refractivity contribution in [1.29, 1.82) is 0 Å². The van der Waals surface area contributed by atoms with Gasteiger partial charge in [-0.15, -0.1) is 0 Å². The predicted octanol–water partition coefficient (Wildman–Crippen LogP) is 4.74. The summed E-state index contributed by atoms with van der Waals surface area (Å²) in [6.45, 7) is 13.3. The molecule has 20 heavy (non-hydrogen) atoms. The lowest BCUT2D eigenvalue weighted by Gasteiger charge is -2.26. The molecule has 2 aromatic heterocycles. The minimum absolute atomic E-state index is 0.0519. The van der Waals surface area contributed by atoms with Gasteiger partial charge in [-0.05, 0) is 34.1 Å². The van der Waals surface area contributed by atoms with Crippen molar-refractivity contribution in [3.63, 3.8) is 0 Å². The van der Waals surface area contributed by atoms with E-state index in [0.717, 1.165) is 11.4 Å². The molecule has 0 aromatic carbocycles. The van der Waals surface area contributed by atoms with E-state index in [0.29, 0.717) is 0 Å². The van der Waals surface area contributed by atoms with Gasteiger partial charge < -0.3 is 0 Å². The minimum atomic E-state index is 0.0519. The molecule has 0 spiro atoms. The highest BCUT2D eigenvalue weighted by atomic mass is 14.8. The SMILES string of the molecule is CC(C)(C)c1cccnc1-c1ncccc1C(C)(C)C. The molecule has 0 fully saturated rings. The van der Waals surface area contributed by atoms with Gasteiger partial charge in [0.05, 0.1) is 11.4 Å². The van der Waals surface area contributed by atoms with Crippen molar-refractivity contribution in [2.24, 2.45) is 0 Å². The van der Waals surface area contributed by atoms with E-state index in [9.17, 15) is 0 Å². The van der Waals surface area contributed by atoms with Crippen LogP contribution in [0.25, 0.3) is 11.4 Å². The van der Waals surface area contributed by atoms with Crippen LogP contribution in [-0.4, -0.2) is 9.97 Å². The molecule has 0 unspecified atom stereocenters. The molecule has 0 aliphatic carbocycles. The zero-order valence-corrected chi connectivity index (χ0v) is 13.4. The molecule has 2 rings (SSSR count). The summed E-state index contributed by atoms with van der Waals surface area (Å²) in [5.74, 6) is 0. The van der Waals surface area contributed by atoms with E-state index in [2.05, 4.69) is 63.6 Å². The third-order valence-electron chi connectivity index (χ3n) is 3.46. The molecule has 2 heterocycles. The van der Waals surface area contributed by atoms with E-state index in [1.54, 1.807) is 0 Å². The molecule has 0 saturated carbocycles. The highest BCUT2D eigenvalue weighted by Crippen LogP contribution is 2.35. The molecule has 0 atom stereocenters. The Morgan fingerprint density at radius 2 is 1.00 bits per heavy atom. The fourth-order valence-corrected chi connectivity index (χ4v) is 2.40. The van der Waals surface area contributed by atoms with Crippen LogP contribution in [-0.2, 0) is 10.8 Å². The number of rotatable bonds is 1. The van der Waals surface area contributed by atoms with Crippen LogP contribution in [0.1, 0.15) is 52.7 Å². The van der Waals surface area contributed by atoms with Crippen molar-refractivity contribution in [2.75, 3.05) is 0 Å². The topological polar surface area (TPSA) is 25.8 Å². The van der Waals surface area contributed by atoms with Gasteiger partial charge in [0.1, 0.15) is 0 Å². The van der Waals surface area contributed by atoms with Crippen LogP contribution in [0.4, 0.5) is 0 Å². The molecule has 0 bridgehead atoms. The highest BCUT2D eigenvalue weighted by molar-refractivity contribution is 5.65. The number of hydrogen-bond acceptors (Lipinski definition) is 2. The maximum Gasteiger partial charge on any atom is 0.0926 e. The van der Waals surface area contributed by atoms with Gasteiger partial charge >= 0.3 is 0 Å². The summed E-state index contributed by atoms with van der Waals surface area (Å²) in [6, 6.07) is 8.32. The first-order valence-corrected chi connectivity index (χ1v) is 7.12. The second-order valence-electron chi connectivity index (χ2n) is 7.30. The number of aromatic nitrogens is 2. The third-order valence-corrected chi connectivity index (χ3v) is 3.46. The first-order valence-electron chi connectivity index (χ1n) is 7.12. The zero-order valence-electron chi connectivity index (χ0n) is 13.4. The van der Waals surface area contributed by atoms with Gasteiger partial charge in [0.15, 0.2) is 0 Å². The smallest absolute Gasteiger partial charge is 0.0926 e. The number of hydrogen-bond donors (Lipinski definition) is 0. The molecule has 0 aliphatic rings. The summed E-state index contributed by atoms with van der Waals surface area (Å²) in [4.78, 5) is 9.25. The van der Waals surface area contributed by atoms with Gasteiger partial charge in [-0.1, -0.05) is 53.7 Å². The van der Waals surface area contributed by atoms with Crippen molar-refractivity contribution < 1.29 is 0 Å². The molecule has 0 N–H and O–H groups in total. The Bertz CT molecular complexity index is 546. The molecule has 0 aliphatic heterocycles. The maximum absolute atomic E-state index is 4.63. The van der Waals surface area contributed by atoms with Crippen LogP contribution in [0, 0.1) is 0 Å². The lowest BCUT2D eigenvalue weighted by molar-refractivity contribution is 0.580. The summed E-state index contributed by atoms with van der Waals surface area (Å²) < 4.78 is 0. The second-order valence-corrected chi connectivity index (χ2v) is 7.30. The maximum atomic E-state index is 4.63. The molecule has 0 saturated heterocycles.